The minimum Gasteiger partial charge on any atom is -0.481 e. The summed E-state index contributed by atoms with van der Waals surface area (Å²) in [5.41, 5.74) is 5.48. The lowest BCUT2D eigenvalue weighted by molar-refractivity contribution is -0.142. The predicted molar refractivity (Wildman–Crippen MR) is 116 cm³/mol. The molecule has 2 aromatic heterocycles. The highest BCUT2D eigenvalue weighted by molar-refractivity contribution is 6.28. The van der Waals surface area contributed by atoms with Crippen LogP contribution >= 0.6 is 11.6 Å². The summed E-state index contributed by atoms with van der Waals surface area (Å²) in [6.45, 7) is 3.83. The van der Waals surface area contributed by atoms with E-state index in [2.05, 4.69) is 15.9 Å². The molecule has 1 aliphatic heterocycles. The van der Waals surface area contributed by atoms with Crippen molar-refractivity contribution in [1.82, 2.24) is 14.5 Å². The Morgan fingerprint density at radius 2 is 2.13 bits per heavy atom. The summed E-state index contributed by atoms with van der Waals surface area (Å²) in [6, 6.07) is 1.80. The van der Waals surface area contributed by atoms with Gasteiger partial charge in [-0.05, 0) is 43.4 Å². The zero-order chi connectivity index (χ0) is 22.3. The van der Waals surface area contributed by atoms with Gasteiger partial charge in [0.25, 0.3) is 0 Å². The van der Waals surface area contributed by atoms with Crippen LogP contribution in [-0.2, 0) is 9.53 Å². The molecule has 0 bridgehead atoms. The van der Waals surface area contributed by atoms with Gasteiger partial charge in [-0.3, -0.25) is 4.79 Å². The molecule has 9 heteroatoms. The fourth-order valence-corrected chi connectivity index (χ4v) is 3.72. The molecule has 2 unspecified atom stereocenters. The summed E-state index contributed by atoms with van der Waals surface area (Å²) in [5.74, 6) is 2.10. The van der Waals surface area contributed by atoms with E-state index in [0.717, 1.165) is 25.7 Å². The number of hydrogen-bond donors (Lipinski definition) is 3. The third-order valence-corrected chi connectivity index (χ3v) is 5.35. The molecule has 0 radical (unpaired) electrons. The van der Waals surface area contributed by atoms with Crippen molar-refractivity contribution in [1.29, 1.82) is 0 Å². The molecule has 0 saturated carbocycles. The molecule has 1 fully saturated rings. The second-order valence-electron chi connectivity index (χ2n) is 7.36. The fourth-order valence-electron chi connectivity index (χ4n) is 3.55. The van der Waals surface area contributed by atoms with E-state index in [1.54, 1.807) is 12.3 Å². The first-order valence-corrected chi connectivity index (χ1v) is 10.5. The van der Waals surface area contributed by atoms with Crippen molar-refractivity contribution in [2.24, 2.45) is 5.92 Å². The Bertz CT molecular complexity index is 904. The molecule has 1 saturated heterocycles. The number of anilines is 1. The maximum Gasteiger partial charge on any atom is 0.306 e. The van der Waals surface area contributed by atoms with Gasteiger partial charge in [0.15, 0.2) is 5.60 Å². The van der Waals surface area contributed by atoms with Crippen LogP contribution in [0.5, 0.6) is 0 Å². The van der Waals surface area contributed by atoms with Crippen LogP contribution in [0.15, 0.2) is 12.3 Å². The van der Waals surface area contributed by atoms with Crippen molar-refractivity contribution in [2.75, 3.05) is 12.3 Å². The van der Waals surface area contributed by atoms with E-state index in [0.29, 0.717) is 29.7 Å². The smallest absolute Gasteiger partial charge is 0.306 e. The Kier molecular flexibility index (Phi) is 8.47. The second-order valence-corrected chi connectivity index (χ2v) is 7.70. The number of aliphatic hydroxyl groups excluding tert-OH is 1. The standard InChI is InChI=1S/C13H13ClN4O2.C8H16O2/c1-2-13(7-19)5-3-9(20-13)18-6-4-8-10(15)16-12(14)17-11(8)18;1-3-5-7(6-4-2)8(9)10/h1,4,6,9,19H,3,5,7H2,(H2,15,16,17);7H,3-6H2,1-2H3,(H,9,10). The third-order valence-electron chi connectivity index (χ3n) is 5.18. The molecule has 3 heterocycles. The first-order valence-electron chi connectivity index (χ1n) is 10.1. The largest absolute Gasteiger partial charge is 0.481 e. The van der Waals surface area contributed by atoms with Gasteiger partial charge >= 0.3 is 5.97 Å². The highest BCUT2D eigenvalue weighted by Crippen LogP contribution is 2.37. The quantitative estimate of drug-likeness (QED) is 0.447. The number of rotatable bonds is 7. The van der Waals surface area contributed by atoms with Crippen LogP contribution in [0.4, 0.5) is 5.82 Å². The van der Waals surface area contributed by atoms with Gasteiger partial charge in [0.05, 0.1) is 17.9 Å². The van der Waals surface area contributed by atoms with Crippen LogP contribution in [0.25, 0.3) is 11.0 Å². The molecule has 30 heavy (non-hydrogen) atoms. The number of carboxylic acids is 1. The maximum atomic E-state index is 10.5. The molecule has 164 valence electrons. The number of nitrogen functional groups attached to an aromatic ring is 1. The first kappa shape index (κ1) is 23.9. The van der Waals surface area contributed by atoms with Crippen molar-refractivity contribution in [3.05, 3.63) is 17.5 Å². The van der Waals surface area contributed by atoms with Crippen LogP contribution in [0.3, 0.4) is 0 Å². The molecule has 0 amide bonds. The molecule has 0 spiro atoms. The van der Waals surface area contributed by atoms with Gasteiger partial charge in [-0.1, -0.05) is 32.6 Å². The predicted octanol–water partition coefficient (Wildman–Crippen LogP) is 3.63. The molecule has 0 aromatic carbocycles. The number of aliphatic hydroxyl groups is 1. The number of hydrogen-bond acceptors (Lipinski definition) is 6. The number of halogens is 1. The molecule has 3 rings (SSSR count). The lowest BCUT2D eigenvalue weighted by Gasteiger charge is -2.21. The Hall–Kier alpha value is -2.34. The molecular weight excluding hydrogens is 408 g/mol. The van der Waals surface area contributed by atoms with E-state index in [9.17, 15) is 9.90 Å². The van der Waals surface area contributed by atoms with E-state index < -0.39 is 11.6 Å². The number of ether oxygens (including phenoxy) is 1. The van der Waals surface area contributed by atoms with Crippen LogP contribution < -0.4 is 5.73 Å². The van der Waals surface area contributed by atoms with Crippen molar-refractivity contribution in [2.45, 2.75) is 64.2 Å². The molecule has 2 atom stereocenters. The molecular formula is C21H29ClN4O4. The van der Waals surface area contributed by atoms with E-state index in [4.69, 9.17) is 33.6 Å². The number of terminal acetylenes is 1. The monoisotopic (exact) mass is 436 g/mol. The second kappa shape index (κ2) is 10.6. The van der Waals surface area contributed by atoms with Crippen molar-refractivity contribution in [3.63, 3.8) is 0 Å². The van der Waals surface area contributed by atoms with Crippen LogP contribution in [0, 0.1) is 18.3 Å². The van der Waals surface area contributed by atoms with Crippen molar-refractivity contribution < 1.29 is 19.7 Å². The summed E-state index contributed by atoms with van der Waals surface area (Å²) < 4.78 is 7.63. The van der Waals surface area contributed by atoms with Gasteiger partial charge in [0, 0.05) is 6.20 Å². The highest BCUT2D eigenvalue weighted by atomic mass is 35.5. The number of fused-ring (bicyclic) bond motifs is 1. The minimum atomic E-state index is -0.927. The SMILES string of the molecule is C#CC1(CO)CCC(n2ccc3c(N)nc(Cl)nc32)O1.CCCC(CCC)C(=O)O. The average Bonchev–Trinajstić information content (AvgIpc) is 3.33. The first-order chi connectivity index (χ1) is 14.3. The Morgan fingerprint density at radius 1 is 1.47 bits per heavy atom. The molecule has 8 nitrogen and oxygen atoms in total. The van der Waals surface area contributed by atoms with Gasteiger partial charge in [-0.15, -0.1) is 6.42 Å². The van der Waals surface area contributed by atoms with Gasteiger partial charge in [-0.25, -0.2) is 4.98 Å². The van der Waals surface area contributed by atoms with Gasteiger partial charge < -0.3 is 25.3 Å². The Balaban J connectivity index is 0.000000274. The lowest BCUT2D eigenvalue weighted by atomic mass is 9.99. The van der Waals surface area contributed by atoms with Gasteiger partial charge in [0.1, 0.15) is 17.7 Å². The summed E-state index contributed by atoms with van der Waals surface area (Å²) in [4.78, 5) is 18.6. The van der Waals surface area contributed by atoms with Gasteiger partial charge in [-0.2, -0.15) is 4.98 Å². The summed E-state index contributed by atoms with van der Waals surface area (Å²) in [5, 5.41) is 18.8. The van der Waals surface area contributed by atoms with Crippen molar-refractivity contribution >= 4 is 34.4 Å². The van der Waals surface area contributed by atoms with Gasteiger partial charge in [0.2, 0.25) is 5.28 Å². The van der Waals surface area contributed by atoms with Crippen LogP contribution in [-0.4, -0.2) is 42.9 Å². The van der Waals surface area contributed by atoms with E-state index >= 15 is 0 Å². The number of aromatic nitrogens is 3. The number of carbonyl (C=O) groups is 1. The van der Waals surface area contributed by atoms with E-state index in [1.807, 2.05) is 18.4 Å². The summed E-state index contributed by atoms with van der Waals surface area (Å²) in [6.07, 6.45) is 11.8. The Labute approximate surface area is 181 Å². The topological polar surface area (TPSA) is 123 Å². The molecule has 0 aliphatic carbocycles. The minimum absolute atomic E-state index is 0.0818. The fraction of sp³-hybridized carbons (Fsp3) is 0.571. The van der Waals surface area contributed by atoms with Crippen molar-refractivity contribution in [3.8, 4) is 12.3 Å². The number of nitrogens with two attached hydrogens (primary N) is 1. The summed E-state index contributed by atoms with van der Waals surface area (Å²) >= 11 is 5.84. The lowest BCUT2D eigenvalue weighted by Crippen LogP contribution is -2.31. The molecule has 2 aromatic rings. The third kappa shape index (κ3) is 5.42. The maximum absolute atomic E-state index is 10.5. The molecule has 1 aliphatic rings. The summed E-state index contributed by atoms with van der Waals surface area (Å²) in [7, 11) is 0. The number of nitrogens with zero attached hydrogens (tertiary/aromatic N) is 3. The van der Waals surface area contributed by atoms with E-state index in [-0.39, 0.29) is 24.0 Å². The number of carboxylic acid groups (broad SMARTS) is 1. The normalized spacial score (nSPS) is 20.7. The van der Waals surface area contributed by atoms with Crippen LogP contribution in [0.1, 0.15) is 58.6 Å². The number of aliphatic carboxylic acids is 1. The highest BCUT2D eigenvalue weighted by Gasteiger charge is 2.39. The zero-order valence-electron chi connectivity index (χ0n) is 17.3. The zero-order valence-corrected chi connectivity index (χ0v) is 18.1. The van der Waals surface area contributed by atoms with Crippen LogP contribution in [0.2, 0.25) is 5.28 Å². The Morgan fingerprint density at radius 3 is 2.63 bits per heavy atom. The molecule has 4 N–H and O–H groups in total. The average molecular weight is 437 g/mol. The van der Waals surface area contributed by atoms with E-state index in [1.165, 1.54) is 0 Å².